The number of halogens is 1. The highest BCUT2D eigenvalue weighted by Crippen LogP contribution is 2.30. The molecule has 0 aromatic heterocycles. The predicted molar refractivity (Wildman–Crippen MR) is 85.3 cm³/mol. The zero-order chi connectivity index (χ0) is 13.1. The van der Waals surface area contributed by atoms with Gasteiger partial charge in [0, 0.05) is 28.8 Å². The Kier molecular flexibility index (Phi) is 4.62. The van der Waals surface area contributed by atoms with Crippen LogP contribution >= 0.6 is 28.1 Å². The summed E-state index contributed by atoms with van der Waals surface area (Å²) in [4.78, 5) is 2.89. The summed E-state index contributed by atoms with van der Waals surface area (Å²) in [6.07, 6.45) is 3.86. The third-order valence-electron chi connectivity index (χ3n) is 3.55. The molecule has 98 valence electrons. The molecule has 0 aliphatic carbocycles. The van der Waals surface area contributed by atoms with E-state index in [9.17, 15) is 0 Å². The normalized spacial score (nSPS) is 19.2. The maximum Gasteiger partial charge on any atom is 0.106 e. The monoisotopic (exact) mass is 326 g/mol. The Hall–Kier alpha value is -0.610. The topological polar surface area (TPSA) is 29.3 Å². The fraction of sp³-hybridized carbons (Fsp3) is 0.500. The molecule has 1 fully saturated rings. The van der Waals surface area contributed by atoms with E-state index in [4.69, 9.17) is 18.0 Å². The molecule has 0 saturated carbocycles. The van der Waals surface area contributed by atoms with Crippen molar-refractivity contribution in [3.05, 3.63) is 28.2 Å². The summed E-state index contributed by atoms with van der Waals surface area (Å²) >= 11 is 8.63. The van der Waals surface area contributed by atoms with Crippen LogP contribution in [0.1, 0.15) is 31.7 Å². The van der Waals surface area contributed by atoms with Crippen LogP contribution in [0, 0.1) is 5.92 Å². The molecule has 2 nitrogen and oxygen atoms in total. The molecule has 1 aromatic carbocycles. The molecule has 0 spiro atoms. The molecule has 1 heterocycles. The van der Waals surface area contributed by atoms with Crippen molar-refractivity contribution in [3.63, 3.8) is 0 Å². The third kappa shape index (κ3) is 3.04. The number of hydrogen-bond acceptors (Lipinski definition) is 2. The third-order valence-corrected chi connectivity index (χ3v) is 4.26. The standard InChI is InChI=1S/C14H19BrN2S/c1-2-3-10-6-7-17(9-10)13-5-4-11(15)8-12(13)14(16)18/h4-5,8,10H,2-3,6-7,9H2,1H3,(H2,16,18). The van der Waals surface area contributed by atoms with Gasteiger partial charge in [-0.05, 0) is 37.0 Å². The van der Waals surface area contributed by atoms with Crippen molar-refractivity contribution in [2.45, 2.75) is 26.2 Å². The molecule has 1 atom stereocenters. The number of rotatable bonds is 4. The van der Waals surface area contributed by atoms with Crippen LogP contribution in [0.15, 0.2) is 22.7 Å². The van der Waals surface area contributed by atoms with E-state index < -0.39 is 0 Å². The van der Waals surface area contributed by atoms with Crippen LogP contribution in [0.3, 0.4) is 0 Å². The lowest BCUT2D eigenvalue weighted by molar-refractivity contribution is 0.530. The van der Waals surface area contributed by atoms with Crippen molar-refractivity contribution in [1.29, 1.82) is 0 Å². The number of benzene rings is 1. The van der Waals surface area contributed by atoms with Gasteiger partial charge in [0.2, 0.25) is 0 Å². The van der Waals surface area contributed by atoms with Gasteiger partial charge >= 0.3 is 0 Å². The van der Waals surface area contributed by atoms with Gasteiger partial charge in [-0.25, -0.2) is 0 Å². The van der Waals surface area contributed by atoms with Gasteiger partial charge in [0.25, 0.3) is 0 Å². The fourth-order valence-electron chi connectivity index (χ4n) is 2.68. The Balaban J connectivity index is 2.21. The van der Waals surface area contributed by atoms with E-state index >= 15 is 0 Å². The molecule has 4 heteroatoms. The number of hydrogen-bond donors (Lipinski definition) is 1. The van der Waals surface area contributed by atoms with Crippen LogP contribution in [-0.2, 0) is 0 Å². The summed E-state index contributed by atoms with van der Waals surface area (Å²) < 4.78 is 1.03. The second-order valence-corrected chi connectivity index (χ2v) is 6.27. The van der Waals surface area contributed by atoms with Gasteiger partial charge in [0.15, 0.2) is 0 Å². The molecule has 1 aromatic rings. The Morgan fingerprint density at radius 3 is 3.00 bits per heavy atom. The SMILES string of the molecule is CCCC1CCN(c2ccc(Br)cc2C(N)=S)C1. The van der Waals surface area contributed by atoms with Crippen molar-refractivity contribution in [1.82, 2.24) is 0 Å². The zero-order valence-corrected chi connectivity index (χ0v) is 13.1. The first-order chi connectivity index (χ1) is 8.61. The quantitative estimate of drug-likeness (QED) is 0.855. The Bertz CT molecular complexity index is 447. The highest BCUT2D eigenvalue weighted by atomic mass is 79.9. The number of thiocarbonyl (C=S) groups is 1. The van der Waals surface area contributed by atoms with E-state index in [0.29, 0.717) is 4.99 Å². The van der Waals surface area contributed by atoms with E-state index in [1.807, 2.05) is 6.07 Å². The molecule has 1 aliphatic heterocycles. The average molecular weight is 327 g/mol. The smallest absolute Gasteiger partial charge is 0.106 e. The van der Waals surface area contributed by atoms with Crippen LogP contribution in [0.25, 0.3) is 0 Å². The lowest BCUT2D eigenvalue weighted by atomic mass is 10.0. The molecular formula is C14H19BrN2S. The minimum Gasteiger partial charge on any atom is -0.389 e. The average Bonchev–Trinajstić information content (AvgIpc) is 2.78. The number of anilines is 1. The molecule has 0 amide bonds. The summed E-state index contributed by atoms with van der Waals surface area (Å²) in [5.74, 6) is 0.817. The Morgan fingerprint density at radius 1 is 1.56 bits per heavy atom. The molecule has 1 aliphatic rings. The number of nitrogens with two attached hydrogens (primary N) is 1. The maximum absolute atomic E-state index is 5.83. The summed E-state index contributed by atoms with van der Waals surface area (Å²) in [5, 5.41) is 0. The molecule has 18 heavy (non-hydrogen) atoms. The predicted octanol–water partition coefficient (Wildman–Crippen LogP) is 3.71. The first-order valence-electron chi connectivity index (χ1n) is 6.46. The highest BCUT2D eigenvalue weighted by Gasteiger charge is 2.24. The summed E-state index contributed by atoms with van der Waals surface area (Å²) in [6.45, 7) is 4.50. The second kappa shape index (κ2) is 6.02. The van der Waals surface area contributed by atoms with Gasteiger partial charge in [-0.15, -0.1) is 0 Å². The Labute approximate surface area is 123 Å². The van der Waals surface area contributed by atoms with Crippen molar-refractivity contribution in [2.75, 3.05) is 18.0 Å². The molecular weight excluding hydrogens is 308 g/mol. The van der Waals surface area contributed by atoms with Gasteiger partial charge in [0.05, 0.1) is 0 Å². The zero-order valence-electron chi connectivity index (χ0n) is 10.7. The largest absolute Gasteiger partial charge is 0.389 e. The van der Waals surface area contributed by atoms with Crippen LogP contribution in [0.2, 0.25) is 0 Å². The second-order valence-electron chi connectivity index (χ2n) is 4.92. The lowest BCUT2D eigenvalue weighted by Crippen LogP contribution is -2.23. The molecule has 0 radical (unpaired) electrons. The van der Waals surface area contributed by atoms with Crippen LogP contribution in [0.5, 0.6) is 0 Å². The van der Waals surface area contributed by atoms with E-state index in [1.165, 1.54) is 24.9 Å². The van der Waals surface area contributed by atoms with Gasteiger partial charge in [-0.1, -0.05) is 41.5 Å². The van der Waals surface area contributed by atoms with Crippen molar-refractivity contribution in [3.8, 4) is 0 Å². The first-order valence-corrected chi connectivity index (χ1v) is 7.66. The molecule has 0 bridgehead atoms. The molecule has 2 rings (SSSR count). The van der Waals surface area contributed by atoms with Crippen molar-refractivity contribution in [2.24, 2.45) is 11.7 Å². The molecule has 1 unspecified atom stereocenters. The van der Waals surface area contributed by atoms with Crippen LogP contribution in [-0.4, -0.2) is 18.1 Å². The highest BCUT2D eigenvalue weighted by molar-refractivity contribution is 9.10. The van der Waals surface area contributed by atoms with E-state index in [1.54, 1.807) is 0 Å². The molecule has 2 N–H and O–H groups in total. The first kappa shape index (κ1) is 13.8. The van der Waals surface area contributed by atoms with E-state index in [0.717, 1.165) is 29.0 Å². The lowest BCUT2D eigenvalue weighted by Gasteiger charge is -2.22. The van der Waals surface area contributed by atoms with Gasteiger partial charge in [0.1, 0.15) is 4.99 Å². The van der Waals surface area contributed by atoms with Crippen molar-refractivity contribution >= 4 is 38.8 Å². The van der Waals surface area contributed by atoms with Crippen molar-refractivity contribution < 1.29 is 0 Å². The minimum absolute atomic E-state index is 0.477. The Morgan fingerprint density at radius 2 is 2.33 bits per heavy atom. The van der Waals surface area contributed by atoms with Gasteiger partial charge < -0.3 is 10.6 Å². The summed E-state index contributed by atoms with van der Waals surface area (Å²) in [7, 11) is 0. The van der Waals surface area contributed by atoms with Crippen LogP contribution < -0.4 is 10.6 Å². The van der Waals surface area contributed by atoms with Crippen LogP contribution in [0.4, 0.5) is 5.69 Å². The van der Waals surface area contributed by atoms with Gasteiger partial charge in [-0.3, -0.25) is 0 Å². The summed E-state index contributed by atoms with van der Waals surface area (Å²) in [6, 6.07) is 6.20. The molecule has 1 saturated heterocycles. The van der Waals surface area contributed by atoms with E-state index in [-0.39, 0.29) is 0 Å². The minimum atomic E-state index is 0.477. The maximum atomic E-state index is 5.83. The van der Waals surface area contributed by atoms with Gasteiger partial charge in [-0.2, -0.15) is 0 Å². The van der Waals surface area contributed by atoms with E-state index in [2.05, 4.69) is 39.9 Å². The summed E-state index contributed by atoms with van der Waals surface area (Å²) in [5.41, 5.74) is 8.00. The number of nitrogens with zero attached hydrogens (tertiary/aromatic N) is 1. The fourth-order valence-corrected chi connectivity index (χ4v) is 3.20.